The Morgan fingerprint density at radius 2 is 1.09 bits per heavy atom. The highest BCUT2D eigenvalue weighted by Crippen LogP contribution is 2.40. The molecule has 0 unspecified atom stereocenters. The normalized spacial score (nSPS) is 11.6. The van der Waals surface area contributed by atoms with Crippen LogP contribution in [0.2, 0.25) is 0 Å². The van der Waals surface area contributed by atoms with Crippen LogP contribution in [0.25, 0.3) is 94.7 Å². The fourth-order valence-corrected chi connectivity index (χ4v) is 7.74. The minimum Gasteiger partial charge on any atom is -0.456 e. The zero-order valence-corrected chi connectivity index (χ0v) is 29.9. The molecule has 5 heteroatoms. The van der Waals surface area contributed by atoms with Crippen LogP contribution in [0.5, 0.6) is 0 Å². The molecule has 0 spiro atoms. The Morgan fingerprint density at radius 3 is 1.87 bits per heavy atom. The number of rotatable bonds is 8. The third-order valence-corrected chi connectivity index (χ3v) is 10.5. The fourth-order valence-electron chi connectivity index (χ4n) is 7.74. The lowest BCUT2D eigenvalue weighted by Gasteiger charge is -2.12. The third kappa shape index (κ3) is 5.53. The number of nitrogens with zero attached hydrogens (tertiary/aromatic N) is 4. The van der Waals surface area contributed by atoms with Gasteiger partial charge in [0, 0.05) is 32.7 Å². The monoisotopic (exact) mass is 696 g/mol. The van der Waals surface area contributed by atoms with E-state index in [0.717, 1.165) is 78.0 Å². The Bertz CT molecular complexity index is 2960. The highest BCUT2D eigenvalue weighted by Gasteiger charge is 2.20. The SMILES string of the molecule is CCCCc1ccc(-c2ccc(-c3nc(-c4ccccc4)nc(-n4c5ccccc5c5ccc(-c6cccc7oc8ccccc8c67)cc54)n3)cc2)cc1. The number of para-hydroxylation sites is 2. The minimum absolute atomic E-state index is 0.570. The van der Waals surface area contributed by atoms with Crippen LogP contribution in [0.1, 0.15) is 25.3 Å². The first-order valence-corrected chi connectivity index (χ1v) is 18.7. The summed E-state index contributed by atoms with van der Waals surface area (Å²) in [7, 11) is 0. The summed E-state index contributed by atoms with van der Waals surface area (Å²) < 4.78 is 8.46. The van der Waals surface area contributed by atoms with Crippen LogP contribution in [0.15, 0.2) is 168 Å². The fraction of sp³-hybridized carbons (Fsp3) is 0.0816. The maximum absolute atomic E-state index is 6.27. The van der Waals surface area contributed by atoms with Crippen LogP contribution in [0.3, 0.4) is 0 Å². The van der Waals surface area contributed by atoms with Crippen molar-refractivity contribution < 1.29 is 4.42 Å². The van der Waals surface area contributed by atoms with Gasteiger partial charge in [0.1, 0.15) is 11.2 Å². The van der Waals surface area contributed by atoms with Gasteiger partial charge in [0.25, 0.3) is 0 Å². The molecule has 0 fully saturated rings. The van der Waals surface area contributed by atoms with E-state index in [0.29, 0.717) is 17.6 Å². The quantitative estimate of drug-likeness (QED) is 0.159. The predicted octanol–water partition coefficient (Wildman–Crippen LogP) is 12.9. The van der Waals surface area contributed by atoms with Crippen LogP contribution >= 0.6 is 0 Å². The molecule has 0 amide bonds. The van der Waals surface area contributed by atoms with E-state index in [4.69, 9.17) is 19.4 Å². The predicted molar refractivity (Wildman–Crippen MR) is 222 cm³/mol. The minimum atomic E-state index is 0.570. The molecule has 5 nitrogen and oxygen atoms in total. The van der Waals surface area contributed by atoms with Gasteiger partial charge in [0.05, 0.1) is 11.0 Å². The molecule has 0 saturated heterocycles. The lowest BCUT2D eigenvalue weighted by atomic mass is 9.98. The number of furan rings is 1. The first-order valence-electron chi connectivity index (χ1n) is 18.7. The van der Waals surface area contributed by atoms with Crippen LogP contribution in [0.4, 0.5) is 0 Å². The summed E-state index contributed by atoms with van der Waals surface area (Å²) >= 11 is 0. The topological polar surface area (TPSA) is 56.7 Å². The number of aryl methyl sites for hydroxylation is 1. The Hall–Kier alpha value is -6.85. The summed E-state index contributed by atoms with van der Waals surface area (Å²) in [5.41, 5.74) is 11.6. The second-order valence-electron chi connectivity index (χ2n) is 13.9. The molecule has 3 aromatic heterocycles. The van der Waals surface area contributed by atoms with Gasteiger partial charge in [-0.3, -0.25) is 4.57 Å². The Labute approximate surface area is 313 Å². The van der Waals surface area contributed by atoms with E-state index in [9.17, 15) is 0 Å². The highest BCUT2D eigenvalue weighted by atomic mass is 16.3. The van der Waals surface area contributed by atoms with Crippen molar-refractivity contribution in [2.24, 2.45) is 0 Å². The van der Waals surface area contributed by atoms with Gasteiger partial charge < -0.3 is 4.42 Å². The van der Waals surface area contributed by atoms with Crippen molar-refractivity contribution in [3.05, 3.63) is 169 Å². The van der Waals surface area contributed by atoms with Crippen molar-refractivity contribution in [3.63, 3.8) is 0 Å². The third-order valence-electron chi connectivity index (χ3n) is 10.5. The Morgan fingerprint density at radius 1 is 0.481 bits per heavy atom. The maximum Gasteiger partial charge on any atom is 0.238 e. The maximum atomic E-state index is 6.27. The molecule has 258 valence electrons. The Kier molecular flexibility index (Phi) is 7.84. The second-order valence-corrected chi connectivity index (χ2v) is 13.9. The van der Waals surface area contributed by atoms with Gasteiger partial charge in [0.2, 0.25) is 5.95 Å². The number of hydrogen-bond donors (Lipinski definition) is 0. The molecule has 7 aromatic carbocycles. The van der Waals surface area contributed by atoms with E-state index in [-0.39, 0.29) is 0 Å². The van der Waals surface area contributed by atoms with Gasteiger partial charge in [-0.25, -0.2) is 4.98 Å². The zero-order valence-electron chi connectivity index (χ0n) is 29.9. The van der Waals surface area contributed by atoms with Crippen LogP contribution in [0, 0.1) is 0 Å². The number of benzene rings is 7. The van der Waals surface area contributed by atoms with E-state index in [1.54, 1.807) is 0 Å². The van der Waals surface area contributed by atoms with Gasteiger partial charge >= 0.3 is 0 Å². The molecule has 3 heterocycles. The van der Waals surface area contributed by atoms with E-state index in [1.807, 2.05) is 36.4 Å². The van der Waals surface area contributed by atoms with Crippen LogP contribution < -0.4 is 0 Å². The summed E-state index contributed by atoms with van der Waals surface area (Å²) in [5, 5.41) is 4.49. The van der Waals surface area contributed by atoms with Gasteiger partial charge in [-0.05, 0) is 64.9 Å². The molecule has 54 heavy (non-hydrogen) atoms. The van der Waals surface area contributed by atoms with Gasteiger partial charge in [-0.2, -0.15) is 9.97 Å². The molecule has 0 saturated carbocycles. The van der Waals surface area contributed by atoms with Crippen molar-refractivity contribution in [1.29, 1.82) is 0 Å². The molecule has 10 rings (SSSR count). The van der Waals surface area contributed by atoms with Crippen molar-refractivity contribution >= 4 is 43.7 Å². The first kappa shape index (κ1) is 31.9. The van der Waals surface area contributed by atoms with Crippen molar-refractivity contribution in [3.8, 4) is 51.0 Å². The largest absolute Gasteiger partial charge is 0.456 e. The summed E-state index contributed by atoms with van der Waals surface area (Å²) in [6.07, 6.45) is 3.53. The van der Waals surface area contributed by atoms with E-state index < -0.39 is 0 Å². The lowest BCUT2D eigenvalue weighted by Crippen LogP contribution is -2.06. The second kappa shape index (κ2) is 13.3. The summed E-state index contributed by atoms with van der Waals surface area (Å²) in [5.74, 6) is 1.82. The molecule has 0 radical (unpaired) electrons. The van der Waals surface area contributed by atoms with Gasteiger partial charge in [-0.15, -0.1) is 0 Å². The number of aromatic nitrogens is 4. The van der Waals surface area contributed by atoms with Crippen molar-refractivity contribution in [1.82, 2.24) is 19.5 Å². The summed E-state index contributed by atoms with van der Waals surface area (Å²) in [4.78, 5) is 15.5. The van der Waals surface area contributed by atoms with Crippen molar-refractivity contribution in [2.45, 2.75) is 26.2 Å². The standard InChI is InChI=1S/C49H36N4O/c1-2-3-12-32-21-23-33(24-22-32)34-25-27-36(28-26-34)48-50-47(35-13-5-4-6-14-35)51-49(52-48)53-42-18-9-7-15-39(42)40-30-29-37(31-43(40)53)38-17-11-20-45-46(38)41-16-8-10-19-44(41)54-45/h4-11,13-31H,2-3,12H2,1H3. The zero-order chi connectivity index (χ0) is 36.0. The molecule has 0 bridgehead atoms. The molecule has 0 atom stereocenters. The average molecular weight is 697 g/mol. The van der Waals surface area contributed by atoms with Gasteiger partial charge in [-0.1, -0.05) is 153 Å². The molecule has 0 aliphatic carbocycles. The number of fused-ring (bicyclic) bond motifs is 6. The summed E-state index contributed by atoms with van der Waals surface area (Å²) in [6.45, 7) is 2.23. The molecule has 0 N–H and O–H groups in total. The molecule has 0 aliphatic heterocycles. The summed E-state index contributed by atoms with van der Waals surface area (Å²) in [6, 6.07) is 57.4. The van der Waals surface area contributed by atoms with Crippen molar-refractivity contribution in [2.75, 3.05) is 0 Å². The smallest absolute Gasteiger partial charge is 0.238 e. The molecular weight excluding hydrogens is 661 g/mol. The van der Waals surface area contributed by atoms with Gasteiger partial charge in [0.15, 0.2) is 11.6 Å². The number of unbranched alkanes of at least 4 members (excludes halogenated alkanes) is 1. The molecular formula is C49H36N4O. The van der Waals surface area contributed by atoms with Crippen LogP contribution in [-0.4, -0.2) is 19.5 Å². The molecule has 0 aliphatic rings. The van der Waals surface area contributed by atoms with E-state index in [1.165, 1.54) is 24.0 Å². The lowest BCUT2D eigenvalue weighted by molar-refractivity contribution is 0.669. The first-order chi connectivity index (χ1) is 26.7. The number of hydrogen-bond acceptors (Lipinski definition) is 4. The van der Waals surface area contributed by atoms with E-state index in [2.05, 4.69) is 139 Å². The van der Waals surface area contributed by atoms with E-state index >= 15 is 0 Å². The average Bonchev–Trinajstić information content (AvgIpc) is 3.79. The Balaban J connectivity index is 1.14. The highest BCUT2D eigenvalue weighted by molar-refractivity contribution is 6.14. The molecule has 10 aromatic rings. The van der Waals surface area contributed by atoms with Crippen LogP contribution in [-0.2, 0) is 6.42 Å².